The van der Waals surface area contributed by atoms with Crippen LogP contribution < -0.4 is 4.74 Å². The maximum absolute atomic E-state index is 10.3. The van der Waals surface area contributed by atoms with Crippen molar-refractivity contribution >= 4 is 0 Å². The minimum absolute atomic E-state index is 0.234. The Balaban J connectivity index is 2.01. The Bertz CT molecular complexity index is 969. The van der Waals surface area contributed by atoms with E-state index in [1.807, 2.05) is 73.1 Å². The largest absolute Gasteiger partial charge is 0.439 e. The Morgan fingerprint density at radius 2 is 1.81 bits per heavy atom. The minimum Gasteiger partial charge on any atom is -0.439 e. The summed E-state index contributed by atoms with van der Waals surface area (Å²) in [7, 11) is 1.60. The van der Waals surface area contributed by atoms with Crippen LogP contribution in [-0.4, -0.2) is 52.2 Å². The van der Waals surface area contributed by atoms with Crippen LogP contribution in [0.4, 0.5) is 0 Å². The SMILES string of the molecule is COCC(O)CN(Cc1c(C)nn(-c2ccccc2)c1Oc1cccc(C)c1)C(C)C. The van der Waals surface area contributed by atoms with Crippen molar-refractivity contribution in [2.75, 3.05) is 20.3 Å². The van der Waals surface area contributed by atoms with Crippen molar-refractivity contribution in [1.82, 2.24) is 14.7 Å². The molecule has 0 aliphatic heterocycles. The first-order chi connectivity index (χ1) is 14.9. The molecule has 0 spiro atoms. The van der Waals surface area contributed by atoms with E-state index in [1.54, 1.807) is 7.11 Å². The van der Waals surface area contributed by atoms with Crippen LogP contribution in [0, 0.1) is 13.8 Å². The van der Waals surface area contributed by atoms with Crippen molar-refractivity contribution < 1.29 is 14.6 Å². The van der Waals surface area contributed by atoms with Gasteiger partial charge >= 0.3 is 0 Å². The van der Waals surface area contributed by atoms with Crippen molar-refractivity contribution in [3.8, 4) is 17.3 Å². The molecule has 0 saturated heterocycles. The Morgan fingerprint density at radius 3 is 2.45 bits per heavy atom. The van der Waals surface area contributed by atoms with E-state index in [1.165, 1.54) is 0 Å². The maximum atomic E-state index is 10.3. The van der Waals surface area contributed by atoms with Crippen molar-refractivity contribution in [1.29, 1.82) is 0 Å². The second-order valence-electron chi connectivity index (χ2n) is 8.17. The standard InChI is InChI=1S/C25H33N3O3/c1-18(2)27(15-22(29)17-30-5)16-24-20(4)26-28(21-11-7-6-8-12-21)25(24)31-23-13-9-10-19(3)14-23/h6-14,18,22,29H,15-17H2,1-5H3. The summed E-state index contributed by atoms with van der Waals surface area (Å²) in [4.78, 5) is 2.21. The van der Waals surface area contributed by atoms with Crippen LogP contribution in [0.25, 0.3) is 5.69 Å². The molecule has 6 heteroatoms. The van der Waals surface area contributed by atoms with Gasteiger partial charge in [0, 0.05) is 26.2 Å². The fraction of sp³-hybridized carbons (Fsp3) is 0.400. The lowest BCUT2D eigenvalue weighted by molar-refractivity contribution is 0.0277. The molecule has 3 aromatic rings. The lowest BCUT2D eigenvalue weighted by atomic mass is 10.2. The van der Waals surface area contributed by atoms with Gasteiger partial charge in [0.2, 0.25) is 5.88 Å². The topological polar surface area (TPSA) is 59.8 Å². The Morgan fingerprint density at radius 1 is 1.06 bits per heavy atom. The van der Waals surface area contributed by atoms with Gasteiger partial charge in [0.15, 0.2) is 0 Å². The summed E-state index contributed by atoms with van der Waals surface area (Å²) in [6.07, 6.45) is -0.557. The summed E-state index contributed by atoms with van der Waals surface area (Å²) in [5.41, 5.74) is 3.98. The molecule has 0 fully saturated rings. The highest BCUT2D eigenvalue weighted by Gasteiger charge is 2.23. The average Bonchev–Trinajstić information content (AvgIpc) is 3.03. The zero-order valence-electron chi connectivity index (χ0n) is 19.1. The number of rotatable bonds is 10. The number of methoxy groups -OCH3 is 1. The van der Waals surface area contributed by atoms with Crippen molar-refractivity contribution in [3.63, 3.8) is 0 Å². The highest BCUT2D eigenvalue weighted by atomic mass is 16.5. The number of hydrogen-bond donors (Lipinski definition) is 1. The number of para-hydroxylation sites is 1. The molecular weight excluding hydrogens is 390 g/mol. The molecule has 0 radical (unpaired) electrons. The summed E-state index contributed by atoms with van der Waals surface area (Å²) < 4.78 is 13.4. The molecule has 3 rings (SSSR count). The fourth-order valence-corrected chi connectivity index (χ4v) is 3.54. The Hall–Kier alpha value is -2.67. The molecule has 1 aromatic heterocycles. The first-order valence-electron chi connectivity index (χ1n) is 10.7. The molecular formula is C25H33N3O3. The minimum atomic E-state index is -0.557. The van der Waals surface area contributed by atoms with Crippen molar-refractivity contribution in [2.45, 2.75) is 46.4 Å². The first-order valence-corrected chi connectivity index (χ1v) is 10.7. The van der Waals surface area contributed by atoms with Gasteiger partial charge in [0.05, 0.1) is 29.7 Å². The summed E-state index contributed by atoms with van der Waals surface area (Å²) in [5.74, 6) is 1.47. The van der Waals surface area contributed by atoms with E-state index in [9.17, 15) is 5.11 Å². The van der Waals surface area contributed by atoms with Crippen LogP contribution >= 0.6 is 0 Å². The molecule has 1 unspecified atom stereocenters. The van der Waals surface area contributed by atoms with Gasteiger partial charge < -0.3 is 14.6 Å². The van der Waals surface area contributed by atoms with E-state index in [0.717, 1.165) is 28.3 Å². The molecule has 0 aliphatic carbocycles. The van der Waals surface area contributed by atoms with Crippen LogP contribution in [0.5, 0.6) is 11.6 Å². The third-order valence-electron chi connectivity index (χ3n) is 5.24. The molecule has 1 atom stereocenters. The molecule has 0 amide bonds. The number of aliphatic hydroxyl groups excluding tert-OH is 1. The molecule has 6 nitrogen and oxygen atoms in total. The highest BCUT2D eigenvalue weighted by molar-refractivity contribution is 5.43. The van der Waals surface area contributed by atoms with E-state index in [2.05, 4.69) is 18.7 Å². The normalized spacial score (nSPS) is 12.5. The quantitative estimate of drug-likeness (QED) is 0.520. The zero-order chi connectivity index (χ0) is 22.4. The molecule has 0 bridgehead atoms. The monoisotopic (exact) mass is 423 g/mol. The number of nitrogens with zero attached hydrogens (tertiary/aromatic N) is 3. The van der Waals surface area contributed by atoms with E-state index in [0.29, 0.717) is 25.6 Å². The van der Waals surface area contributed by atoms with Gasteiger partial charge in [0.1, 0.15) is 5.75 Å². The maximum Gasteiger partial charge on any atom is 0.227 e. The van der Waals surface area contributed by atoms with E-state index in [4.69, 9.17) is 14.6 Å². The Labute approximate surface area is 185 Å². The second-order valence-corrected chi connectivity index (χ2v) is 8.17. The predicted octanol–water partition coefficient (Wildman–Crippen LogP) is 4.50. The van der Waals surface area contributed by atoms with Crippen molar-refractivity contribution in [2.24, 2.45) is 0 Å². The van der Waals surface area contributed by atoms with Gasteiger partial charge in [-0.1, -0.05) is 30.3 Å². The predicted molar refractivity (Wildman–Crippen MR) is 123 cm³/mol. The summed E-state index contributed by atoms with van der Waals surface area (Å²) in [6.45, 7) is 9.71. The van der Waals surface area contributed by atoms with Gasteiger partial charge in [-0.2, -0.15) is 5.10 Å². The zero-order valence-corrected chi connectivity index (χ0v) is 19.1. The molecule has 0 aliphatic rings. The lowest BCUT2D eigenvalue weighted by Gasteiger charge is -2.28. The van der Waals surface area contributed by atoms with Gasteiger partial charge in [-0.3, -0.25) is 4.90 Å². The number of ether oxygens (including phenoxy) is 2. The van der Waals surface area contributed by atoms with E-state index < -0.39 is 6.10 Å². The lowest BCUT2D eigenvalue weighted by Crippen LogP contribution is -2.38. The van der Waals surface area contributed by atoms with Crippen LogP contribution in [0.3, 0.4) is 0 Å². The van der Waals surface area contributed by atoms with E-state index >= 15 is 0 Å². The van der Waals surface area contributed by atoms with E-state index in [-0.39, 0.29) is 6.04 Å². The molecule has 1 heterocycles. The average molecular weight is 424 g/mol. The molecule has 2 aromatic carbocycles. The van der Waals surface area contributed by atoms with Gasteiger partial charge in [-0.15, -0.1) is 0 Å². The van der Waals surface area contributed by atoms with Crippen LogP contribution in [0.15, 0.2) is 54.6 Å². The van der Waals surface area contributed by atoms with Crippen LogP contribution in [0.2, 0.25) is 0 Å². The number of aryl methyl sites for hydroxylation is 2. The second kappa shape index (κ2) is 10.6. The number of hydrogen-bond acceptors (Lipinski definition) is 5. The van der Waals surface area contributed by atoms with Crippen LogP contribution in [-0.2, 0) is 11.3 Å². The third-order valence-corrected chi connectivity index (χ3v) is 5.24. The summed E-state index contributed by atoms with van der Waals surface area (Å²) in [6, 6.07) is 18.2. The number of aliphatic hydroxyl groups is 1. The smallest absolute Gasteiger partial charge is 0.227 e. The van der Waals surface area contributed by atoms with Gasteiger partial charge in [-0.05, 0) is 57.5 Å². The molecule has 1 N–H and O–H groups in total. The fourth-order valence-electron chi connectivity index (χ4n) is 3.54. The number of benzene rings is 2. The number of aromatic nitrogens is 2. The highest BCUT2D eigenvalue weighted by Crippen LogP contribution is 2.32. The first kappa shape index (κ1) is 23.0. The molecule has 31 heavy (non-hydrogen) atoms. The van der Waals surface area contributed by atoms with Crippen LogP contribution in [0.1, 0.15) is 30.7 Å². The summed E-state index contributed by atoms with van der Waals surface area (Å²) >= 11 is 0. The third kappa shape index (κ3) is 5.94. The molecule has 0 saturated carbocycles. The Kier molecular flexibility index (Phi) is 7.85. The summed E-state index contributed by atoms with van der Waals surface area (Å²) in [5, 5.41) is 15.1. The van der Waals surface area contributed by atoms with Gasteiger partial charge in [-0.25, -0.2) is 4.68 Å². The van der Waals surface area contributed by atoms with Gasteiger partial charge in [0.25, 0.3) is 0 Å². The molecule has 166 valence electrons. The van der Waals surface area contributed by atoms with Crippen molar-refractivity contribution in [3.05, 3.63) is 71.4 Å².